The van der Waals surface area contributed by atoms with Crippen molar-refractivity contribution in [1.29, 1.82) is 0 Å². The van der Waals surface area contributed by atoms with Gasteiger partial charge in [-0.1, -0.05) is 30.4 Å². The maximum Gasteiger partial charge on any atom is 0.328 e. The molecule has 0 spiro atoms. The van der Waals surface area contributed by atoms with Crippen LogP contribution in [0.25, 0.3) is 0 Å². The molecule has 1 aromatic rings. The normalized spacial score (nSPS) is 21.3. The summed E-state index contributed by atoms with van der Waals surface area (Å²) in [7, 11) is 3.27. The number of hydrogen-bond acceptors (Lipinski definition) is 3. The molecule has 2 rings (SSSR count). The number of rotatable bonds is 5. The maximum atomic E-state index is 10.6. The standard InChI is InChI=1S/C17H18O4/c1-20-15-7-3-6-14(11-15)17(21-2)10-4-5-13(12-17)8-9-16(18)19/h3-11H,12H2,1-2H3,(H,18,19)/b9-8+. The molecule has 0 bridgehead atoms. The van der Waals surface area contributed by atoms with E-state index in [0.29, 0.717) is 6.42 Å². The van der Waals surface area contributed by atoms with E-state index in [4.69, 9.17) is 14.6 Å². The Balaban J connectivity index is 2.33. The average Bonchev–Trinajstić information content (AvgIpc) is 2.53. The molecule has 0 radical (unpaired) electrons. The molecule has 110 valence electrons. The number of ether oxygens (including phenoxy) is 2. The highest BCUT2D eigenvalue weighted by molar-refractivity contribution is 5.80. The van der Waals surface area contributed by atoms with Crippen LogP contribution in [0.1, 0.15) is 12.0 Å². The first-order valence-corrected chi connectivity index (χ1v) is 6.59. The van der Waals surface area contributed by atoms with Crippen LogP contribution in [-0.2, 0) is 15.1 Å². The highest BCUT2D eigenvalue weighted by atomic mass is 16.5. The van der Waals surface area contributed by atoms with Gasteiger partial charge in [0.05, 0.1) is 7.11 Å². The van der Waals surface area contributed by atoms with Crippen molar-refractivity contribution in [2.24, 2.45) is 0 Å². The minimum absolute atomic E-state index is 0.566. The first-order chi connectivity index (χ1) is 10.1. The Hall–Kier alpha value is -2.33. The largest absolute Gasteiger partial charge is 0.497 e. The van der Waals surface area contributed by atoms with E-state index in [1.54, 1.807) is 20.3 Å². The highest BCUT2D eigenvalue weighted by Gasteiger charge is 2.31. The molecule has 4 heteroatoms. The summed E-state index contributed by atoms with van der Waals surface area (Å²) in [5.41, 5.74) is 1.25. The summed E-state index contributed by atoms with van der Waals surface area (Å²) in [6.45, 7) is 0. The molecule has 0 amide bonds. The fraction of sp³-hybridized carbons (Fsp3) is 0.235. The lowest BCUT2D eigenvalue weighted by Gasteiger charge is -2.32. The van der Waals surface area contributed by atoms with Gasteiger partial charge in [-0.15, -0.1) is 0 Å². The second-order valence-electron chi connectivity index (χ2n) is 4.77. The SMILES string of the molecule is COc1cccc(C2(OC)C=CC=C(/C=C/C(=O)O)C2)c1. The van der Waals surface area contributed by atoms with Gasteiger partial charge in [0.1, 0.15) is 11.4 Å². The summed E-state index contributed by atoms with van der Waals surface area (Å²) in [5, 5.41) is 8.74. The van der Waals surface area contributed by atoms with Gasteiger partial charge in [-0.3, -0.25) is 0 Å². The van der Waals surface area contributed by atoms with Crippen molar-refractivity contribution in [1.82, 2.24) is 0 Å². The van der Waals surface area contributed by atoms with E-state index >= 15 is 0 Å². The number of carboxylic acid groups (broad SMARTS) is 1. The second-order valence-corrected chi connectivity index (χ2v) is 4.77. The molecule has 0 heterocycles. The van der Waals surface area contributed by atoms with E-state index in [1.165, 1.54) is 0 Å². The van der Waals surface area contributed by atoms with Crippen LogP contribution < -0.4 is 4.74 Å². The van der Waals surface area contributed by atoms with Gasteiger partial charge in [0.2, 0.25) is 0 Å². The second kappa shape index (κ2) is 6.41. The van der Waals surface area contributed by atoms with Crippen molar-refractivity contribution in [3.8, 4) is 5.75 Å². The van der Waals surface area contributed by atoms with E-state index in [0.717, 1.165) is 23.0 Å². The molecule has 1 aromatic carbocycles. The highest BCUT2D eigenvalue weighted by Crippen LogP contribution is 2.37. The number of hydrogen-bond donors (Lipinski definition) is 1. The third-order valence-electron chi connectivity index (χ3n) is 3.51. The predicted octanol–water partition coefficient (Wildman–Crippen LogP) is 3.06. The first kappa shape index (κ1) is 15.1. The Morgan fingerprint density at radius 3 is 2.86 bits per heavy atom. The topological polar surface area (TPSA) is 55.8 Å². The molecule has 0 saturated heterocycles. The minimum atomic E-state index is -0.963. The van der Waals surface area contributed by atoms with E-state index in [-0.39, 0.29) is 0 Å². The van der Waals surface area contributed by atoms with Crippen LogP contribution in [0.15, 0.2) is 60.2 Å². The minimum Gasteiger partial charge on any atom is -0.497 e. The van der Waals surface area contributed by atoms with Crippen LogP contribution in [0, 0.1) is 0 Å². The summed E-state index contributed by atoms with van der Waals surface area (Å²) in [6, 6.07) is 7.69. The number of methoxy groups -OCH3 is 2. The fourth-order valence-corrected chi connectivity index (χ4v) is 2.38. The Labute approximate surface area is 124 Å². The molecule has 0 aromatic heterocycles. The molecule has 4 nitrogen and oxygen atoms in total. The van der Waals surface area contributed by atoms with E-state index in [2.05, 4.69) is 0 Å². The van der Waals surface area contributed by atoms with Crippen LogP contribution in [0.3, 0.4) is 0 Å². The van der Waals surface area contributed by atoms with E-state index in [9.17, 15) is 4.79 Å². The van der Waals surface area contributed by atoms with Crippen molar-refractivity contribution in [3.05, 3.63) is 65.8 Å². The van der Waals surface area contributed by atoms with Crippen LogP contribution >= 0.6 is 0 Å². The van der Waals surface area contributed by atoms with Crippen molar-refractivity contribution in [2.75, 3.05) is 14.2 Å². The zero-order valence-corrected chi connectivity index (χ0v) is 12.1. The smallest absolute Gasteiger partial charge is 0.328 e. The van der Waals surface area contributed by atoms with E-state index in [1.807, 2.05) is 42.5 Å². The molecule has 1 aliphatic rings. The summed E-state index contributed by atoms with van der Waals surface area (Å²) >= 11 is 0. The van der Waals surface area contributed by atoms with Gasteiger partial charge < -0.3 is 14.6 Å². The molecule has 0 fully saturated rings. The zero-order chi connectivity index (χ0) is 15.3. The third-order valence-corrected chi connectivity index (χ3v) is 3.51. The zero-order valence-electron chi connectivity index (χ0n) is 12.1. The molecular formula is C17H18O4. The Kier molecular flexibility index (Phi) is 4.60. The van der Waals surface area contributed by atoms with Crippen LogP contribution in [0.5, 0.6) is 5.75 Å². The van der Waals surface area contributed by atoms with E-state index < -0.39 is 11.6 Å². The number of allylic oxidation sites excluding steroid dienone is 3. The van der Waals surface area contributed by atoms with Gasteiger partial charge >= 0.3 is 5.97 Å². The number of benzene rings is 1. The fourth-order valence-electron chi connectivity index (χ4n) is 2.38. The van der Waals surface area contributed by atoms with Crippen molar-refractivity contribution >= 4 is 5.97 Å². The van der Waals surface area contributed by atoms with Gasteiger partial charge in [-0.05, 0) is 29.3 Å². The predicted molar refractivity (Wildman–Crippen MR) is 80.3 cm³/mol. The molecule has 1 N–H and O–H groups in total. The monoisotopic (exact) mass is 286 g/mol. The molecule has 21 heavy (non-hydrogen) atoms. The lowest BCUT2D eigenvalue weighted by Crippen LogP contribution is -2.28. The Morgan fingerprint density at radius 1 is 1.38 bits per heavy atom. The Bertz CT molecular complexity index is 613. The quantitative estimate of drug-likeness (QED) is 0.845. The summed E-state index contributed by atoms with van der Waals surface area (Å²) < 4.78 is 11.0. The third kappa shape index (κ3) is 3.41. The van der Waals surface area contributed by atoms with Gasteiger partial charge in [0, 0.05) is 19.6 Å². The van der Waals surface area contributed by atoms with Gasteiger partial charge in [-0.2, -0.15) is 0 Å². The summed E-state index contributed by atoms with van der Waals surface area (Å²) in [6.07, 6.45) is 9.04. The summed E-state index contributed by atoms with van der Waals surface area (Å²) in [4.78, 5) is 10.6. The number of carbonyl (C=O) groups is 1. The lowest BCUT2D eigenvalue weighted by atomic mass is 9.83. The number of carboxylic acids is 1. The van der Waals surface area contributed by atoms with Crippen LogP contribution in [0.2, 0.25) is 0 Å². The molecule has 1 aliphatic carbocycles. The van der Waals surface area contributed by atoms with Crippen molar-refractivity contribution in [3.63, 3.8) is 0 Å². The molecule has 0 saturated carbocycles. The maximum absolute atomic E-state index is 10.6. The van der Waals surface area contributed by atoms with Crippen LogP contribution in [0.4, 0.5) is 0 Å². The number of aliphatic carboxylic acids is 1. The van der Waals surface area contributed by atoms with Gasteiger partial charge in [0.25, 0.3) is 0 Å². The average molecular weight is 286 g/mol. The van der Waals surface area contributed by atoms with Crippen molar-refractivity contribution < 1.29 is 19.4 Å². The van der Waals surface area contributed by atoms with Gasteiger partial charge in [-0.25, -0.2) is 4.79 Å². The first-order valence-electron chi connectivity index (χ1n) is 6.59. The van der Waals surface area contributed by atoms with Crippen molar-refractivity contribution in [2.45, 2.75) is 12.0 Å². The van der Waals surface area contributed by atoms with Crippen LogP contribution in [-0.4, -0.2) is 25.3 Å². The molecular weight excluding hydrogens is 268 g/mol. The molecule has 1 atom stereocenters. The van der Waals surface area contributed by atoms with Gasteiger partial charge in [0.15, 0.2) is 0 Å². The lowest BCUT2D eigenvalue weighted by molar-refractivity contribution is -0.131. The summed E-state index contributed by atoms with van der Waals surface area (Å²) in [5.74, 6) is -0.204. The molecule has 1 unspecified atom stereocenters. The molecule has 0 aliphatic heterocycles. The Morgan fingerprint density at radius 2 is 2.19 bits per heavy atom.